The number of nitrogens with one attached hydrogen (secondary N) is 1. The fourth-order valence-electron chi connectivity index (χ4n) is 3.85. The Morgan fingerprint density at radius 3 is 2.71 bits per heavy atom. The molecule has 31 heavy (non-hydrogen) atoms. The number of anilines is 1. The average molecular weight is 421 g/mol. The van der Waals surface area contributed by atoms with Crippen molar-refractivity contribution in [1.29, 1.82) is 0 Å². The van der Waals surface area contributed by atoms with E-state index in [0.717, 1.165) is 61.7 Å². The van der Waals surface area contributed by atoms with Crippen molar-refractivity contribution >= 4 is 11.7 Å². The van der Waals surface area contributed by atoms with E-state index in [2.05, 4.69) is 25.2 Å². The van der Waals surface area contributed by atoms with E-state index >= 15 is 0 Å². The Hall–Kier alpha value is -3.42. The second-order valence-corrected chi connectivity index (χ2v) is 7.70. The number of hydrogen-bond acceptors (Lipinski definition) is 6. The maximum Gasteiger partial charge on any atom is 0.223 e. The number of aryl methyl sites for hydroxylation is 1. The Labute approximate surface area is 182 Å². The topological polar surface area (TPSA) is 85.2 Å². The van der Waals surface area contributed by atoms with Gasteiger partial charge < -0.3 is 19.5 Å². The summed E-state index contributed by atoms with van der Waals surface area (Å²) in [5, 5.41) is 3.08. The van der Waals surface area contributed by atoms with Crippen molar-refractivity contribution in [3.8, 4) is 17.0 Å². The SMILES string of the molecule is COc1ccc(-c2cc(N3CCC(C(=O)NCCCn4ccnc4)CC3)ncn2)cc1. The molecule has 0 radical (unpaired) electrons. The molecular formula is C23H28N6O2. The van der Waals surface area contributed by atoms with Crippen LogP contribution in [0, 0.1) is 5.92 Å². The summed E-state index contributed by atoms with van der Waals surface area (Å²) in [4.78, 5) is 27.6. The average Bonchev–Trinajstić information content (AvgIpc) is 3.35. The van der Waals surface area contributed by atoms with Crippen molar-refractivity contribution in [3.05, 3.63) is 55.4 Å². The number of carbonyl (C=O) groups excluding carboxylic acids is 1. The van der Waals surface area contributed by atoms with Gasteiger partial charge in [0, 0.05) is 56.1 Å². The summed E-state index contributed by atoms with van der Waals surface area (Å²) in [5.74, 6) is 1.94. The number of aromatic nitrogens is 4. The van der Waals surface area contributed by atoms with Gasteiger partial charge >= 0.3 is 0 Å². The Bertz CT molecular complexity index is 966. The normalized spacial score (nSPS) is 14.4. The van der Waals surface area contributed by atoms with Gasteiger partial charge in [-0.15, -0.1) is 0 Å². The maximum atomic E-state index is 12.5. The molecule has 0 bridgehead atoms. The van der Waals surface area contributed by atoms with Crippen molar-refractivity contribution in [2.45, 2.75) is 25.8 Å². The smallest absolute Gasteiger partial charge is 0.223 e. The van der Waals surface area contributed by atoms with Crippen LogP contribution < -0.4 is 15.0 Å². The molecule has 0 spiro atoms. The van der Waals surface area contributed by atoms with Crippen molar-refractivity contribution in [1.82, 2.24) is 24.8 Å². The van der Waals surface area contributed by atoms with Gasteiger partial charge in [0.1, 0.15) is 17.9 Å². The molecule has 4 rings (SSSR count). The molecule has 1 amide bonds. The number of carbonyl (C=O) groups is 1. The molecular weight excluding hydrogens is 392 g/mol. The molecule has 162 valence electrons. The number of benzene rings is 1. The molecule has 0 aliphatic carbocycles. The fourth-order valence-corrected chi connectivity index (χ4v) is 3.85. The van der Waals surface area contributed by atoms with Gasteiger partial charge in [-0.2, -0.15) is 0 Å². The first kappa shape index (κ1) is 20.8. The van der Waals surface area contributed by atoms with Crippen LogP contribution in [0.5, 0.6) is 5.75 Å². The van der Waals surface area contributed by atoms with E-state index in [-0.39, 0.29) is 11.8 Å². The molecule has 2 aromatic heterocycles. The summed E-state index contributed by atoms with van der Waals surface area (Å²) in [6, 6.07) is 9.86. The van der Waals surface area contributed by atoms with Crippen molar-refractivity contribution in [2.75, 3.05) is 31.6 Å². The van der Waals surface area contributed by atoms with E-state index in [9.17, 15) is 4.79 Å². The third-order valence-corrected chi connectivity index (χ3v) is 5.68. The van der Waals surface area contributed by atoms with Crippen LogP contribution in [0.25, 0.3) is 11.3 Å². The zero-order chi connectivity index (χ0) is 21.5. The molecule has 0 saturated carbocycles. The summed E-state index contributed by atoms with van der Waals surface area (Å²) in [6.07, 6.45) is 9.66. The number of methoxy groups -OCH3 is 1. The summed E-state index contributed by atoms with van der Waals surface area (Å²) in [5.41, 5.74) is 1.90. The number of imidazole rings is 1. The molecule has 1 saturated heterocycles. The Morgan fingerprint density at radius 2 is 2.00 bits per heavy atom. The monoisotopic (exact) mass is 420 g/mol. The largest absolute Gasteiger partial charge is 0.497 e. The number of piperidine rings is 1. The number of amides is 1. The molecule has 3 aromatic rings. The molecule has 8 heteroatoms. The highest BCUT2D eigenvalue weighted by Crippen LogP contribution is 2.26. The Morgan fingerprint density at radius 1 is 1.19 bits per heavy atom. The maximum absolute atomic E-state index is 12.5. The Balaban J connectivity index is 1.26. The molecule has 8 nitrogen and oxygen atoms in total. The van der Waals surface area contributed by atoms with Crippen LogP contribution in [-0.2, 0) is 11.3 Å². The lowest BCUT2D eigenvalue weighted by atomic mass is 9.96. The minimum Gasteiger partial charge on any atom is -0.497 e. The zero-order valence-electron chi connectivity index (χ0n) is 17.8. The van der Waals surface area contributed by atoms with Gasteiger partial charge in [-0.3, -0.25) is 4.79 Å². The second kappa shape index (κ2) is 10.1. The first-order chi connectivity index (χ1) is 15.2. The summed E-state index contributed by atoms with van der Waals surface area (Å²) < 4.78 is 7.24. The molecule has 3 heterocycles. The van der Waals surface area contributed by atoms with Crippen molar-refractivity contribution in [3.63, 3.8) is 0 Å². The van der Waals surface area contributed by atoms with Crippen molar-refractivity contribution in [2.24, 2.45) is 5.92 Å². The van der Waals surface area contributed by atoms with Crippen LogP contribution in [0.1, 0.15) is 19.3 Å². The summed E-state index contributed by atoms with van der Waals surface area (Å²) in [6.45, 7) is 3.18. The number of ether oxygens (including phenoxy) is 1. The van der Waals surface area contributed by atoms with Crippen LogP contribution in [0.4, 0.5) is 5.82 Å². The summed E-state index contributed by atoms with van der Waals surface area (Å²) in [7, 11) is 1.66. The van der Waals surface area contributed by atoms with Crippen LogP contribution in [-0.4, -0.2) is 52.2 Å². The lowest BCUT2D eigenvalue weighted by Gasteiger charge is -2.32. The van der Waals surface area contributed by atoms with E-state index in [1.54, 1.807) is 26.0 Å². The predicted octanol–water partition coefficient (Wildman–Crippen LogP) is 2.77. The van der Waals surface area contributed by atoms with Gasteiger partial charge in [-0.1, -0.05) is 0 Å². The molecule has 1 aliphatic heterocycles. The van der Waals surface area contributed by atoms with Crippen molar-refractivity contribution < 1.29 is 9.53 Å². The standard InChI is InChI=1S/C23H28N6O2/c1-31-20-5-3-18(4-6-20)21-15-22(27-16-26-21)29-12-7-19(8-13-29)23(30)25-9-2-11-28-14-10-24-17-28/h3-6,10,14-17,19H,2,7-9,11-13H2,1H3,(H,25,30). The van der Waals surface area contributed by atoms with Gasteiger partial charge in [0.2, 0.25) is 5.91 Å². The van der Waals surface area contributed by atoms with Gasteiger partial charge in [-0.25, -0.2) is 15.0 Å². The number of rotatable bonds is 8. The highest BCUT2D eigenvalue weighted by molar-refractivity contribution is 5.79. The lowest BCUT2D eigenvalue weighted by molar-refractivity contribution is -0.125. The van der Waals surface area contributed by atoms with Crippen LogP contribution >= 0.6 is 0 Å². The fraction of sp³-hybridized carbons (Fsp3) is 0.391. The van der Waals surface area contributed by atoms with E-state index in [1.807, 2.05) is 41.1 Å². The number of hydrogen-bond donors (Lipinski definition) is 1. The van der Waals surface area contributed by atoms with E-state index in [1.165, 1.54) is 0 Å². The van der Waals surface area contributed by atoms with Gasteiger partial charge in [0.05, 0.1) is 19.1 Å². The molecule has 0 unspecified atom stereocenters. The lowest BCUT2D eigenvalue weighted by Crippen LogP contribution is -2.41. The van der Waals surface area contributed by atoms with E-state index in [0.29, 0.717) is 6.54 Å². The second-order valence-electron chi connectivity index (χ2n) is 7.70. The minimum atomic E-state index is 0.0624. The number of nitrogens with zero attached hydrogens (tertiary/aromatic N) is 5. The molecule has 1 aliphatic rings. The minimum absolute atomic E-state index is 0.0624. The first-order valence-corrected chi connectivity index (χ1v) is 10.7. The molecule has 0 atom stereocenters. The van der Waals surface area contributed by atoms with E-state index in [4.69, 9.17) is 4.74 Å². The molecule has 1 fully saturated rings. The highest BCUT2D eigenvalue weighted by atomic mass is 16.5. The zero-order valence-corrected chi connectivity index (χ0v) is 17.8. The summed E-state index contributed by atoms with van der Waals surface area (Å²) >= 11 is 0. The van der Waals surface area contributed by atoms with Gasteiger partial charge in [0.25, 0.3) is 0 Å². The third-order valence-electron chi connectivity index (χ3n) is 5.68. The van der Waals surface area contributed by atoms with E-state index < -0.39 is 0 Å². The highest BCUT2D eigenvalue weighted by Gasteiger charge is 2.25. The predicted molar refractivity (Wildman–Crippen MR) is 119 cm³/mol. The van der Waals surface area contributed by atoms with Crippen LogP contribution in [0.2, 0.25) is 0 Å². The quantitative estimate of drug-likeness (QED) is 0.564. The van der Waals surface area contributed by atoms with Crippen LogP contribution in [0.15, 0.2) is 55.4 Å². The molecule has 1 aromatic carbocycles. The van der Waals surface area contributed by atoms with Gasteiger partial charge in [0.15, 0.2) is 0 Å². The third kappa shape index (κ3) is 5.39. The van der Waals surface area contributed by atoms with Crippen LogP contribution in [0.3, 0.4) is 0 Å². The molecule has 1 N–H and O–H groups in total. The van der Waals surface area contributed by atoms with Gasteiger partial charge in [-0.05, 0) is 43.5 Å². The Kier molecular flexibility index (Phi) is 6.76. The first-order valence-electron chi connectivity index (χ1n) is 10.7.